The molecular formula is C13H16O7. The molecule has 1 aromatic rings. The van der Waals surface area contributed by atoms with Crippen LogP contribution in [-0.2, 0) is 14.2 Å². The number of hydrogen-bond donors (Lipinski definition) is 4. The summed E-state index contributed by atoms with van der Waals surface area (Å²) in [5.41, 5.74) is 0.429. The van der Waals surface area contributed by atoms with Gasteiger partial charge in [-0.3, -0.25) is 0 Å². The summed E-state index contributed by atoms with van der Waals surface area (Å²) in [5.74, 6) is 0.0164. The molecule has 0 aromatic heterocycles. The third-order valence-corrected chi connectivity index (χ3v) is 3.54. The summed E-state index contributed by atoms with van der Waals surface area (Å²) >= 11 is 0. The maximum Gasteiger partial charge on any atom is 0.188 e. The van der Waals surface area contributed by atoms with Gasteiger partial charge in [0.2, 0.25) is 0 Å². The van der Waals surface area contributed by atoms with E-state index in [1.165, 1.54) is 6.07 Å². The molecule has 110 valence electrons. The van der Waals surface area contributed by atoms with E-state index in [0.717, 1.165) is 0 Å². The highest BCUT2D eigenvalue weighted by Crippen LogP contribution is 2.36. The van der Waals surface area contributed by atoms with E-state index in [-0.39, 0.29) is 12.4 Å². The molecule has 3 rings (SSSR count). The second kappa shape index (κ2) is 5.28. The van der Waals surface area contributed by atoms with Crippen molar-refractivity contribution >= 4 is 0 Å². The number of aromatic hydroxyl groups is 1. The molecule has 7 nitrogen and oxygen atoms in total. The number of ether oxygens (including phenoxy) is 3. The summed E-state index contributed by atoms with van der Waals surface area (Å²) in [4.78, 5) is 0. The largest absolute Gasteiger partial charge is 0.507 e. The Kier molecular flexibility index (Phi) is 3.63. The minimum absolute atomic E-state index is 0.0164. The van der Waals surface area contributed by atoms with Crippen LogP contribution in [0.15, 0.2) is 24.3 Å². The number of phenols is 1. The highest BCUT2D eigenvalue weighted by atomic mass is 16.7. The zero-order chi connectivity index (χ0) is 14.3. The molecule has 2 aliphatic rings. The quantitative estimate of drug-likeness (QED) is 0.537. The predicted molar refractivity (Wildman–Crippen MR) is 64.6 cm³/mol. The molecule has 2 aliphatic heterocycles. The molecule has 4 N–H and O–H groups in total. The number of para-hydroxylation sites is 1. The van der Waals surface area contributed by atoms with Gasteiger partial charge in [-0.15, -0.1) is 0 Å². The average Bonchev–Trinajstić information content (AvgIpc) is 2.45. The summed E-state index contributed by atoms with van der Waals surface area (Å²) in [5, 5.41) is 38.8. The van der Waals surface area contributed by atoms with Crippen molar-refractivity contribution in [1.29, 1.82) is 0 Å². The first-order valence-electron chi connectivity index (χ1n) is 6.32. The fraction of sp³-hybridized carbons (Fsp3) is 0.538. The minimum atomic E-state index is -1.47. The van der Waals surface area contributed by atoms with Gasteiger partial charge in [0.25, 0.3) is 0 Å². The molecule has 20 heavy (non-hydrogen) atoms. The van der Waals surface area contributed by atoms with Gasteiger partial charge in [0.05, 0.1) is 6.61 Å². The number of rotatable bonds is 1. The molecule has 2 fully saturated rings. The Morgan fingerprint density at radius 2 is 1.75 bits per heavy atom. The van der Waals surface area contributed by atoms with Crippen LogP contribution in [0.1, 0.15) is 11.9 Å². The van der Waals surface area contributed by atoms with Crippen LogP contribution in [0.2, 0.25) is 0 Å². The lowest BCUT2D eigenvalue weighted by Crippen LogP contribution is -2.61. The predicted octanol–water partition coefficient (Wildman–Crippen LogP) is -0.755. The first-order valence-corrected chi connectivity index (χ1v) is 6.32. The minimum Gasteiger partial charge on any atom is -0.507 e. The van der Waals surface area contributed by atoms with Gasteiger partial charge in [-0.05, 0) is 6.07 Å². The van der Waals surface area contributed by atoms with E-state index in [9.17, 15) is 20.4 Å². The lowest BCUT2D eigenvalue weighted by molar-refractivity contribution is -0.354. The van der Waals surface area contributed by atoms with Crippen molar-refractivity contribution in [2.75, 3.05) is 6.61 Å². The maximum atomic E-state index is 9.94. The van der Waals surface area contributed by atoms with Crippen molar-refractivity contribution in [1.82, 2.24) is 0 Å². The summed E-state index contributed by atoms with van der Waals surface area (Å²) < 4.78 is 16.1. The second-order valence-corrected chi connectivity index (χ2v) is 4.87. The van der Waals surface area contributed by atoms with E-state index in [0.29, 0.717) is 5.56 Å². The van der Waals surface area contributed by atoms with Crippen molar-refractivity contribution in [3.05, 3.63) is 29.8 Å². The summed E-state index contributed by atoms with van der Waals surface area (Å²) in [6.07, 6.45) is -6.59. The van der Waals surface area contributed by atoms with E-state index in [4.69, 9.17) is 14.2 Å². The van der Waals surface area contributed by atoms with E-state index in [1.807, 2.05) is 0 Å². The van der Waals surface area contributed by atoms with Gasteiger partial charge in [0.1, 0.15) is 30.2 Å². The molecule has 7 heteroatoms. The maximum absolute atomic E-state index is 9.94. The number of hydrogen-bond acceptors (Lipinski definition) is 7. The normalized spacial score (nSPS) is 41.1. The monoisotopic (exact) mass is 284 g/mol. The molecular weight excluding hydrogens is 268 g/mol. The van der Waals surface area contributed by atoms with Gasteiger partial charge < -0.3 is 34.6 Å². The van der Waals surface area contributed by atoms with Crippen molar-refractivity contribution in [2.24, 2.45) is 0 Å². The van der Waals surface area contributed by atoms with Gasteiger partial charge in [0.15, 0.2) is 12.6 Å². The highest BCUT2D eigenvalue weighted by molar-refractivity contribution is 5.33. The topological polar surface area (TPSA) is 109 Å². The first kappa shape index (κ1) is 13.7. The van der Waals surface area contributed by atoms with Crippen molar-refractivity contribution in [3.63, 3.8) is 0 Å². The molecule has 0 radical (unpaired) electrons. The van der Waals surface area contributed by atoms with Gasteiger partial charge >= 0.3 is 0 Å². The van der Waals surface area contributed by atoms with Gasteiger partial charge in [-0.25, -0.2) is 0 Å². The third-order valence-electron chi connectivity index (χ3n) is 3.54. The third kappa shape index (κ3) is 2.28. The van der Waals surface area contributed by atoms with Crippen LogP contribution in [0.4, 0.5) is 0 Å². The van der Waals surface area contributed by atoms with Crippen molar-refractivity contribution < 1.29 is 34.6 Å². The lowest BCUT2D eigenvalue weighted by Gasteiger charge is -2.45. The van der Waals surface area contributed by atoms with E-state index in [2.05, 4.69) is 0 Å². The zero-order valence-corrected chi connectivity index (χ0v) is 10.5. The summed E-state index contributed by atoms with van der Waals surface area (Å²) in [6.45, 7) is 0.0739. The number of benzene rings is 1. The molecule has 2 saturated heterocycles. The summed E-state index contributed by atoms with van der Waals surface area (Å²) in [6, 6.07) is 6.53. The van der Waals surface area contributed by atoms with Gasteiger partial charge in [-0.1, -0.05) is 18.2 Å². The second-order valence-electron chi connectivity index (χ2n) is 4.87. The Labute approximate surface area is 114 Å². The molecule has 0 spiro atoms. The number of fused-ring (bicyclic) bond motifs is 1. The Morgan fingerprint density at radius 1 is 1.00 bits per heavy atom. The van der Waals surface area contributed by atoms with E-state index >= 15 is 0 Å². The van der Waals surface area contributed by atoms with Crippen LogP contribution >= 0.6 is 0 Å². The molecule has 1 aromatic carbocycles. The molecule has 2 heterocycles. The fourth-order valence-corrected chi connectivity index (χ4v) is 2.44. The average molecular weight is 284 g/mol. The fourth-order valence-electron chi connectivity index (χ4n) is 2.44. The first-order chi connectivity index (χ1) is 9.58. The van der Waals surface area contributed by atoms with Crippen molar-refractivity contribution in [3.8, 4) is 5.75 Å². The van der Waals surface area contributed by atoms with Gasteiger partial charge in [-0.2, -0.15) is 0 Å². The SMILES string of the molecule is Oc1ccccc1C1OC[C@H]2OC(O)[C@H](O)[C@@H](O)[C@H]2O1. The number of phenolic OH excluding ortho intramolecular Hbond substituents is 1. The van der Waals surface area contributed by atoms with E-state index in [1.54, 1.807) is 18.2 Å². The smallest absolute Gasteiger partial charge is 0.188 e. The van der Waals surface area contributed by atoms with Crippen LogP contribution in [0.25, 0.3) is 0 Å². The van der Waals surface area contributed by atoms with Crippen LogP contribution < -0.4 is 0 Å². The van der Waals surface area contributed by atoms with Crippen LogP contribution in [0, 0.1) is 0 Å². The standard InChI is InChI=1S/C13H16O7/c14-7-4-2-1-3-6(7)13-18-5-8-11(20-13)9(15)10(16)12(17)19-8/h1-4,8-17H,5H2/t8-,9-,10-,11+,12?,13?/m1/s1. The lowest BCUT2D eigenvalue weighted by atomic mass is 9.98. The van der Waals surface area contributed by atoms with Crippen LogP contribution in [-0.4, -0.2) is 57.7 Å². The Morgan fingerprint density at radius 3 is 2.50 bits per heavy atom. The van der Waals surface area contributed by atoms with Crippen LogP contribution in [0.3, 0.4) is 0 Å². The number of aliphatic hydroxyl groups is 3. The molecule has 0 bridgehead atoms. The Bertz CT molecular complexity index is 478. The highest BCUT2D eigenvalue weighted by Gasteiger charge is 2.48. The van der Waals surface area contributed by atoms with Gasteiger partial charge in [0, 0.05) is 5.56 Å². The van der Waals surface area contributed by atoms with Crippen LogP contribution in [0.5, 0.6) is 5.75 Å². The molecule has 0 aliphatic carbocycles. The molecule has 0 amide bonds. The Balaban J connectivity index is 1.79. The molecule has 2 unspecified atom stereocenters. The van der Waals surface area contributed by atoms with E-state index < -0.39 is 37.0 Å². The van der Waals surface area contributed by atoms with Crippen molar-refractivity contribution in [2.45, 2.75) is 37.0 Å². The molecule has 6 atom stereocenters. The number of aliphatic hydroxyl groups excluding tert-OH is 3. The summed E-state index contributed by atoms with van der Waals surface area (Å²) in [7, 11) is 0. The zero-order valence-electron chi connectivity index (χ0n) is 10.5. The Hall–Kier alpha value is -1.22. The molecule has 0 saturated carbocycles.